The summed E-state index contributed by atoms with van der Waals surface area (Å²) in [6.45, 7) is 0. The van der Waals surface area contributed by atoms with Crippen LogP contribution in [0.5, 0.6) is 0 Å². The molecule has 1 fully saturated rings. The number of ether oxygens (including phenoxy) is 1. The molecule has 1 heterocycles. The quantitative estimate of drug-likeness (QED) is 0.349. The normalized spacial score (nSPS) is 37.7. The SMILES string of the molecule is CSOC1O[C@H](CCS(=O)(=O)O)[C@@H](O)[C@H](O)[C@@H]1O. The second-order valence-electron chi connectivity index (χ2n) is 3.85. The Morgan fingerprint density at radius 3 is 2.33 bits per heavy atom. The molecule has 1 unspecified atom stereocenters. The molecule has 0 amide bonds. The van der Waals surface area contributed by atoms with Crippen LogP contribution in [0, 0.1) is 0 Å². The fourth-order valence-electron chi connectivity index (χ4n) is 1.59. The molecule has 5 atom stereocenters. The topological polar surface area (TPSA) is 134 Å². The second kappa shape index (κ2) is 6.48. The van der Waals surface area contributed by atoms with E-state index in [1.54, 1.807) is 6.26 Å². The molecule has 1 saturated heterocycles. The standard InChI is InChI=1S/C8H16O8S2/c1-17-16-8-7(11)6(10)5(9)4(15-8)2-3-18(12,13)14/h4-11H,2-3H2,1H3,(H,12,13,14)/t4-,5-,6+,7+,8?/m1/s1. The van der Waals surface area contributed by atoms with Crippen molar-refractivity contribution in [2.24, 2.45) is 0 Å². The van der Waals surface area contributed by atoms with Crippen LogP contribution >= 0.6 is 12.0 Å². The van der Waals surface area contributed by atoms with Crippen LogP contribution in [-0.4, -0.2) is 71.0 Å². The largest absolute Gasteiger partial charge is 0.388 e. The Morgan fingerprint density at radius 1 is 1.22 bits per heavy atom. The van der Waals surface area contributed by atoms with Gasteiger partial charge in [0.05, 0.1) is 11.9 Å². The summed E-state index contributed by atoms with van der Waals surface area (Å²) in [7, 11) is -4.19. The van der Waals surface area contributed by atoms with Crippen molar-refractivity contribution in [3.05, 3.63) is 0 Å². The fourth-order valence-corrected chi connectivity index (χ4v) is 2.47. The van der Waals surface area contributed by atoms with Crippen LogP contribution in [-0.2, 0) is 19.0 Å². The van der Waals surface area contributed by atoms with Gasteiger partial charge in [0.2, 0.25) is 0 Å². The van der Waals surface area contributed by atoms with Crippen LogP contribution in [0.4, 0.5) is 0 Å². The zero-order chi connectivity index (χ0) is 13.9. The van der Waals surface area contributed by atoms with Gasteiger partial charge in [-0.25, -0.2) is 0 Å². The van der Waals surface area contributed by atoms with E-state index >= 15 is 0 Å². The van der Waals surface area contributed by atoms with E-state index in [1.165, 1.54) is 0 Å². The van der Waals surface area contributed by atoms with Crippen molar-refractivity contribution in [3.8, 4) is 0 Å². The number of aliphatic hydroxyl groups is 3. The average Bonchev–Trinajstić information content (AvgIpc) is 2.27. The fraction of sp³-hybridized carbons (Fsp3) is 1.00. The lowest BCUT2D eigenvalue weighted by Gasteiger charge is -2.39. The first kappa shape index (κ1) is 16.1. The molecule has 10 heteroatoms. The molecule has 0 radical (unpaired) electrons. The number of hydrogen-bond acceptors (Lipinski definition) is 8. The van der Waals surface area contributed by atoms with Crippen molar-refractivity contribution in [3.63, 3.8) is 0 Å². The Bertz CT molecular complexity index is 358. The first-order valence-electron chi connectivity index (χ1n) is 5.10. The Morgan fingerprint density at radius 2 is 1.83 bits per heavy atom. The van der Waals surface area contributed by atoms with Gasteiger partial charge in [-0.2, -0.15) is 8.42 Å². The predicted molar refractivity (Wildman–Crippen MR) is 62.3 cm³/mol. The summed E-state index contributed by atoms with van der Waals surface area (Å²) in [5.41, 5.74) is 0. The third kappa shape index (κ3) is 4.31. The molecule has 18 heavy (non-hydrogen) atoms. The summed E-state index contributed by atoms with van der Waals surface area (Å²) < 4.78 is 39.9. The molecular weight excluding hydrogens is 288 g/mol. The van der Waals surface area contributed by atoms with Crippen LogP contribution in [0.2, 0.25) is 0 Å². The highest BCUT2D eigenvalue weighted by Crippen LogP contribution is 2.26. The van der Waals surface area contributed by atoms with Gasteiger partial charge in [-0.15, -0.1) is 0 Å². The summed E-state index contributed by atoms with van der Waals surface area (Å²) in [6.07, 6.45) is -5.29. The zero-order valence-corrected chi connectivity index (χ0v) is 11.2. The van der Waals surface area contributed by atoms with Crippen LogP contribution < -0.4 is 0 Å². The molecule has 8 nitrogen and oxygen atoms in total. The van der Waals surface area contributed by atoms with Crippen molar-refractivity contribution in [2.45, 2.75) is 37.1 Å². The number of aliphatic hydroxyl groups excluding tert-OH is 3. The Hall–Kier alpha value is 0.0600. The number of rotatable bonds is 5. The molecule has 0 aromatic heterocycles. The molecular formula is C8H16O8S2. The van der Waals surface area contributed by atoms with Gasteiger partial charge in [-0.05, 0) is 18.5 Å². The van der Waals surface area contributed by atoms with E-state index in [9.17, 15) is 23.7 Å². The molecule has 0 aliphatic carbocycles. The molecule has 0 bridgehead atoms. The highest BCUT2D eigenvalue weighted by Gasteiger charge is 2.44. The molecule has 0 spiro atoms. The second-order valence-corrected chi connectivity index (χ2v) is 5.95. The highest BCUT2D eigenvalue weighted by molar-refractivity contribution is 7.93. The molecule has 1 aliphatic heterocycles. The molecule has 1 rings (SSSR count). The van der Waals surface area contributed by atoms with E-state index in [4.69, 9.17) is 13.5 Å². The van der Waals surface area contributed by atoms with E-state index in [0.29, 0.717) is 0 Å². The molecule has 0 aromatic carbocycles. The Balaban J connectivity index is 2.66. The summed E-state index contributed by atoms with van der Waals surface area (Å²) in [5, 5.41) is 28.7. The summed E-state index contributed by atoms with van der Waals surface area (Å²) >= 11 is 0.895. The summed E-state index contributed by atoms with van der Waals surface area (Å²) in [4.78, 5) is 0. The maximum Gasteiger partial charge on any atom is 0.264 e. The molecule has 4 N–H and O–H groups in total. The maximum atomic E-state index is 10.6. The van der Waals surface area contributed by atoms with Crippen molar-refractivity contribution >= 4 is 22.2 Å². The predicted octanol–water partition coefficient (Wildman–Crippen LogP) is -1.63. The van der Waals surface area contributed by atoms with Crippen molar-refractivity contribution in [2.75, 3.05) is 12.0 Å². The van der Waals surface area contributed by atoms with Gasteiger partial charge in [-0.1, -0.05) is 0 Å². The molecule has 108 valence electrons. The van der Waals surface area contributed by atoms with Gasteiger partial charge in [0.15, 0.2) is 6.29 Å². The van der Waals surface area contributed by atoms with Crippen molar-refractivity contribution in [1.29, 1.82) is 0 Å². The Labute approximate surface area is 109 Å². The lowest BCUT2D eigenvalue weighted by Crippen LogP contribution is -2.58. The van der Waals surface area contributed by atoms with Gasteiger partial charge in [0.1, 0.15) is 18.3 Å². The monoisotopic (exact) mass is 304 g/mol. The third-order valence-corrected chi connectivity index (χ3v) is 3.65. The van der Waals surface area contributed by atoms with E-state index in [2.05, 4.69) is 0 Å². The summed E-state index contributed by atoms with van der Waals surface area (Å²) in [5.74, 6) is -0.621. The van der Waals surface area contributed by atoms with Crippen LogP contribution in [0.3, 0.4) is 0 Å². The van der Waals surface area contributed by atoms with E-state index in [0.717, 1.165) is 12.0 Å². The van der Waals surface area contributed by atoms with Crippen LogP contribution in [0.15, 0.2) is 0 Å². The van der Waals surface area contributed by atoms with E-state index < -0.39 is 46.6 Å². The van der Waals surface area contributed by atoms with E-state index in [-0.39, 0.29) is 6.42 Å². The smallest absolute Gasteiger partial charge is 0.264 e. The van der Waals surface area contributed by atoms with Gasteiger partial charge >= 0.3 is 0 Å². The lowest BCUT2D eigenvalue weighted by atomic mass is 9.97. The van der Waals surface area contributed by atoms with Gasteiger partial charge in [0, 0.05) is 6.26 Å². The third-order valence-electron chi connectivity index (χ3n) is 2.52. The van der Waals surface area contributed by atoms with Gasteiger partial charge < -0.3 is 20.1 Å². The minimum absolute atomic E-state index is 0.224. The molecule has 1 aliphatic rings. The number of hydrogen-bond donors (Lipinski definition) is 4. The maximum absolute atomic E-state index is 10.6. The molecule has 0 aromatic rings. The minimum atomic E-state index is -4.19. The Kier molecular flexibility index (Phi) is 5.80. The van der Waals surface area contributed by atoms with Crippen LogP contribution in [0.1, 0.15) is 6.42 Å². The van der Waals surface area contributed by atoms with Gasteiger partial charge in [0.25, 0.3) is 10.1 Å². The lowest BCUT2D eigenvalue weighted by molar-refractivity contribution is -0.269. The summed E-state index contributed by atoms with van der Waals surface area (Å²) in [6, 6.07) is 0. The van der Waals surface area contributed by atoms with Crippen LogP contribution in [0.25, 0.3) is 0 Å². The van der Waals surface area contributed by atoms with Crippen molar-refractivity contribution < 1.29 is 37.2 Å². The first-order valence-corrected chi connectivity index (χ1v) is 7.86. The van der Waals surface area contributed by atoms with Gasteiger partial charge in [-0.3, -0.25) is 8.74 Å². The average molecular weight is 304 g/mol. The van der Waals surface area contributed by atoms with Crippen molar-refractivity contribution in [1.82, 2.24) is 0 Å². The first-order chi connectivity index (χ1) is 8.26. The minimum Gasteiger partial charge on any atom is -0.388 e. The zero-order valence-electron chi connectivity index (χ0n) is 9.54. The highest BCUT2D eigenvalue weighted by atomic mass is 32.2. The van der Waals surface area contributed by atoms with E-state index in [1.807, 2.05) is 0 Å². The molecule has 0 saturated carbocycles.